The van der Waals surface area contributed by atoms with Crippen LogP contribution in [0.2, 0.25) is 0 Å². The highest BCUT2D eigenvalue weighted by molar-refractivity contribution is 5.64. The normalized spacial score (nSPS) is 11.5. The van der Waals surface area contributed by atoms with Crippen LogP contribution < -0.4 is 0 Å². The minimum atomic E-state index is 0.801. The maximum atomic E-state index is 4.76. The van der Waals surface area contributed by atoms with Crippen molar-refractivity contribution in [3.05, 3.63) is 66.2 Å². The van der Waals surface area contributed by atoms with Crippen LogP contribution in [0.15, 0.2) is 54.9 Å². The van der Waals surface area contributed by atoms with E-state index in [1.54, 1.807) is 9.03 Å². The van der Waals surface area contributed by atoms with Gasteiger partial charge in [-0.1, -0.05) is 6.07 Å². The van der Waals surface area contributed by atoms with Crippen molar-refractivity contribution in [3.63, 3.8) is 0 Å². The first-order chi connectivity index (χ1) is 12.7. The molecule has 5 heterocycles. The molecule has 0 aromatic carbocycles. The molecule has 0 radical (unpaired) electrons. The highest BCUT2D eigenvalue weighted by Crippen LogP contribution is 2.21. The van der Waals surface area contributed by atoms with E-state index in [-0.39, 0.29) is 0 Å². The van der Waals surface area contributed by atoms with Gasteiger partial charge in [-0.25, -0.2) is 24.0 Å². The molecule has 26 heavy (non-hydrogen) atoms. The fraction of sp³-hybridized carbons (Fsp3) is 0.105. The first kappa shape index (κ1) is 14.7. The van der Waals surface area contributed by atoms with Crippen LogP contribution in [-0.2, 0) is 0 Å². The summed E-state index contributed by atoms with van der Waals surface area (Å²) in [6.07, 6.45) is 3.80. The zero-order chi connectivity index (χ0) is 17.7. The summed E-state index contributed by atoms with van der Waals surface area (Å²) in [4.78, 5) is 14.1. The van der Waals surface area contributed by atoms with E-state index >= 15 is 0 Å². The van der Waals surface area contributed by atoms with Crippen molar-refractivity contribution in [2.24, 2.45) is 0 Å². The van der Waals surface area contributed by atoms with E-state index in [2.05, 4.69) is 20.2 Å². The predicted molar refractivity (Wildman–Crippen MR) is 97.7 cm³/mol. The number of fused-ring (bicyclic) bond motifs is 2. The van der Waals surface area contributed by atoms with Crippen molar-refractivity contribution in [2.75, 3.05) is 0 Å². The third-order valence-electron chi connectivity index (χ3n) is 4.17. The molecule has 0 saturated heterocycles. The lowest BCUT2D eigenvalue weighted by molar-refractivity contribution is 0.916. The monoisotopic (exact) mass is 341 g/mol. The molecule has 0 aliphatic carbocycles. The average Bonchev–Trinajstić information content (AvgIpc) is 3.20. The summed E-state index contributed by atoms with van der Waals surface area (Å²) in [5.74, 6) is 0. The first-order valence-electron chi connectivity index (χ1n) is 8.30. The van der Waals surface area contributed by atoms with Gasteiger partial charge in [0.25, 0.3) is 0 Å². The Morgan fingerprint density at radius 1 is 0.615 bits per heavy atom. The Balaban J connectivity index is 1.60. The van der Waals surface area contributed by atoms with E-state index in [9.17, 15) is 0 Å². The Bertz CT molecular complexity index is 1170. The van der Waals surface area contributed by atoms with E-state index < -0.39 is 0 Å². The van der Waals surface area contributed by atoms with Crippen LogP contribution in [-0.4, -0.2) is 34.2 Å². The summed E-state index contributed by atoms with van der Waals surface area (Å²) in [5.41, 5.74) is 6.70. The minimum absolute atomic E-state index is 0.801. The molecule has 7 nitrogen and oxygen atoms in total. The van der Waals surface area contributed by atoms with Crippen molar-refractivity contribution in [1.82, 2.24) is 34.2 Å². The minimum Gasteiger partial charge on any atom is -0.245 e. The molecular formula is C19H15N7. The van der Waals surface area contributed by atoms with Gasteiger partial charge < -0.3 is 0 Å². The van der Waals surface area contributed by atoms with Gasteiger partial charge >= 0.3 is 0 Å². The molecule has 0 bridgehead atoms. The second-order valence-corrected chi connectivity index (χ2v) is 6.21. The van der Waals surface area contributed by atoms with E-state index in [4.69, 9.17) is 4.98 Å². The lowest BCUT2D eigenvalue weighted by Gasteiger charge is -2.05. The SMILES string of the molecule is Cc1cc2nc(-c3cccc(-c4ccn5nc(C)cc5n4)n3)ccn2n1. The quantitative estimate of drug-likeness (QED) is 0.493. The van der Waals surface area contributed by atoms with E-state index in [1.807, 2.05) is 68.7 Å². The predicted octanol–water partition coefficient (Wildman–Crippen LogP) is 3.12. The Kier molecular flexibility index (Phi) is 3.08. The van der Waals surface area contributed by atoms with Gasteiger partial charge in [-0.15, -0.1) is 0 Å². The van der Waals surface area contributed by atoms with Crippen molar-refractivity contribution in [1.29, 1.82) is 0 Å². The third-order valence-corrected chi connectivity index (χ3v) is 4.17. The van der Waals surface area contributed by atoms with Crippen LogP contribution >= 0.6 is 0 Å². The molecule has 0 amide bonds. The lowest BCUT2D eigenvalue weighted by Crippen LogP contribution is -1.96. The summed E-state index contributed by atoms with van der Waals surface area (Å²) in [7, 11) is 0. The third kappa shape index (κ3) is 2.41. The largest absolute Gasteiger partial charge is 0.245 e. The Hall–Kier alpha value is -3.61. The van der Waals surface area contributed by atoms with Crippen molar-refractivity contribution in [3.8, 4) is 22.8 Å². The second-order valence-electron chi connectivity index (χ2n) is 6.21. The molecule has 0 fully saturated rings. The van der Waals surface area contributed by atoms with Gasteiger partial charge in [0, 0.05) is 24.5 Å². The van der Waals surface area contributed by atoms with Crippen LogP contribution in [0.25, 0.3) is 34.1 Å². The Morgan fingerprint density at radius 3 is 1.58 bits per heavy atom. The van der Waals surface area contributed by atoms with Crippen molar-refractivity contribution in [2.45, 2.75) is 13.8 Å². The molecule has 0 N–H and O–H groups in total. The molecule has 5 rings (SSSR count). The molecule has 5 aromatic heterocycles. The van der Waals surface area contributed by atoms with Crippen molar-refractivity contribution >= 4 is 11.3 Å². The van der Waals surface area contributed by atoms with Gasteiger partial charge in [-0.05, 0) is 38.1 Å². The molecule has 0 unspecified atom stereocenters. The zero-order valence-electron chi connectivity index (χ0n) is 14.3. The molecular weight excluding hydrogens is 326 g/mol. The lowest BCUT2D eigenvalue weighted by atomic mass is 10.2. The summed E-state index contributed by atoms with van der Waals surface area (Å²) in [6, 6.07) is 13.6. The van der Waals surface area contributed by atoms with Gasteiger partial charge in [0.15, 0.2) is 11.3 Å². The van der Waals surface area contributed by atoms with Crippen LogP contribution in [0.5, 0.6) is 0 Å². The van der Waals surface area contributed by atoms with Crippen molar-refractivity contribution < 1.29 is 0 Å². The molecule has 0 aliphatic heterocycles. The number of nitrogens with zero attached hydrogens (tertiary/aromatic N) is 7. The van der Waals surface area contributed by atoms with Crippen LogP contribution in [0.3, 0.4) is 0 Å². The molecule has 126 valence electrons. The summed E-state index contributed by atoms with van der Waals surface area (Å²) in [5, 5.41) is 8.72. The summed E-state index contributed by atoms with van der Waals surface area (Å²) < 4.78 is 3.53. The fourth-order valence-corrected chi connectivity index (χ4v) is 3.00. The molecule has 5 aromatic rings. The van der Waals surface area contributed by atoms with Crippen LogP contribution in [0, 0.1) is 13.8 Å². The molecule has 0 aliphatic rings. The molecule has 7 heteroatoms. The Morgan fingerprint density at radius 2 is 1.08 bits per heavy atom. The fourth-order valence-electron chi connectivity index (χ4n) is 3.00. The summed E-state index contributed by atoms with van der Waals surface area (Å²) >= 11 is 0. The molecule has 0 saturated carbocycles. The number of aryl methyl sites for hydroxylation is 2. The van der Waals surface area contributed by atoms with E-state index in [0.717, 1.165) is 45.5 Å². The maximum absolute atomic E-state index is 4.76. The van der Waals surface area contributed by atoms with Crippen LogP contribution in [0.1, 0.15) is 11.4 Å². The average molecular weight is 341 g/mol. The smallest absolute Gasteiger partial charge is 0.155 e. The van der Waals surface area contributed by atoms with Gasteiger partial charge in [-0.3, -0.25) is 0 Å². The highest BCUT2D eigenvalue weighted by Gasteiger charge is 2.09. The topological polar surface area (TPSA) is 73.3 Å². The van der Waals surface area contributed by atoms with Gasteiger partial charge in [-0.2, -0.15) is 10.2 Å². The molecule has 0 atom stereocenters. The number of hydrogen-bond acceptors (Lipinski definition) is 5. The number of hydrogen-bond donors (Lipinski definition) is 0. The zero-order valence-corrected chi connectivity index (χ0v) is 14.3. The first-order valence-corrected chi connectivity index (χ1v) is 8.30. The number of rotatable bonds is 2. The standard InChI is InChI=1S/C19H15N7/c1-12-10-18-21-16(6-8-25(18)23-12)14-4-3-5-15(20-14)17-7-9-26-19(22-17)11-13(2)24-26/h3-11H,1-2H3. The Labute approximate surface area is 149 Å². The maximum Gasteiger partial charge on any atom is 0.155 e. The van der Waals surface area contributed by atoms with E-state index in [0.29, 0.717) is 0 Å². The number of aromatic nitrogens is 7. The summed E-state index contributed by atoms with van der Waals surface area (Å²) in [6.45, 7) is 3.90. The van der Waals surface area contributed by atoms with E-state index in [1.165, 1.54) is 0 Å². The highest BCUT2D eigenvalue weighted by atomic mass is 15.3. The van der Waals surface area contributed by atoms with Gasteiger partial charge in [0.2, 0.25) is 0 Å². The van der Waals surface area contributed by atoms with Gasteiger partial charge in [0.1, 0.15) is 0 Å². The second kappa shape index (κ2) is 5.45. The molecule has 0 spiro atoms. The van der Waals surface area contributed by atoms with Crippen LogP contribution in [0.4, 0.5) is 0 Å². The van der Waals surface area contributed by atoms with Gasteiger partial charge in [0.05, 0.1) is 34.2 Å². The number of pyridine rings is 1.